The van der Waals surface area contributed by atoms with Gasteiger partial charge in [-0.1, -0.05) is 29.8 Å². The number of nitrogens with one attached hydrogen (secondary N) is 1. The summed E-state index contributed by atoms with van der Waals surface area (Å²) in [5.74, 6) is 1.68. The van der Waals surface area contributed by atoms with Gasteiger partial charge in [-0.05, 0) is 39.3 Å². The van der Waals surface area contributed by atoms with Crippen LogP contribution in [-0.2, 0) is 13.0 Å². The summed E-state index contributed by atoms with van der Waals surface area (Å²) in [5.41, 5.74) is 3.65. The number of benzene rings is 1. The normalized spacial score (nSPS) is 10.8. The maximum absolute atomic E-state index is 5.51. The minimum absolute atomic E-state index is 0.695. The van der Waals surface area contributed by atoms with E-state index in [2.05, 4.69) is 41.5 Å². The average Bonchev–Trinajstić information content (AvgIpc) is 2.65. The Morgan fingerprint density at radius 3 is 2.72 bits per heavy atom. The molecule has 0 saturated heterocycles. The molecule has 3 heteroatoms. The molecule has 0 atom stereocenters. The Morgan fingerprint density at radius 2 is 2.06 bits per heavy atom. The van der Waals surface area contributed by atoms with Crippen molar-refractivity contribution in [3.05, 3.63) is 52.7 Å². The lowest BCUT2D eigenvalue weighted by molar-refractivity contribution is 0.450. The Balaban J connectivity index is 1.76. The van der Waals surface area contributed by atoms with Crippen molar-refractivity contribution < 1.29 is 4.42 Å². The molecule has 0 bridgehead atoms. The molecule has 1 heterocycles. The maximum atomic E-state index is 5.51. The van der Waals surface area contributed by atoms with Crippen LogP contribution in [0.3, 0.4) is 0 Å². The van der Waals surface area contributed by atoms with Gasteiger partial charge in [0.05, 0.1) is 12.2 Å². The largest absolute Gasteiger partial charge is 0.444 e. The molecule has 0 unspecified atom stereocenters. The van der Waals surface area contributed by atoms with Gasteiger partial charge >= 0.3 is 0 Å². The predicted molar refractivity (Wildman–Crippen MR) is 72.6 cm³/mol. The third-order valence-electron chi connectivity index (χ3n) is 3.02. The van der Waals surface area contributed by atoms with Crippen LogP contribution < -0.4 is 5.32 Å². The Kier molecular flexibility index (Phi) is 4.15. The summed E-state index contributed by atoms with van der Waals surface area (Å²) in [6.45, 7) is 7.66. The van der Waals surface area contributed by atoms with E-state index in [1.54, 1.807) is 0 Å². The van der Waals surface area contributed by atoms with E-state index in [1.165, 1.54) is 11.1 Å². The summed E-state index contributed by atoms with van der Waals surface area (Å²) in [4.78, 5) is 4.34. The van der Waals surface area contributed by atoms with Crippen molar-refractivity contribution in [1.82, 2.24) is 10.3 Å². The molecule has 0 radical (unpaired) electrons. The number of rotatable bonds is 5. The third kappa shape index (κ3) is 3.44. The molecule has 2 aromatic rings. The minimum Gasteiger partial charge on any atom is -0.444 e. The first-order chi connectivity index (χ1) is 8.65. The number of oxazole rings is 1. The molecule has 0 amide bonds. The van der Waals surface area contributed by atoms with Crippen LogP contribution in [0.2, 0.25) is 0 Å². The molecule has 96 valence electrons. The number of aryl methyl sites for hydroxylation is 3. The molecule has 1 aromatic carbocycles. The van der Waals surface area contributed by atoms with Gasteiger partial charge in [0.15, 0.2) is 0 Å². The van der Waals surface area contributed by atoms with Crippen LogP contribution in [0.25, 0.3) is 0 Å². The van der Waals surface area contributed by atoms with Crippen molar-refractivity contribution in [3.63, 3.8) is 0 Å². The molecule has 0 aliphatic heterocycles. The lowest BCUT2D eigenvalue weighted by atomic mass is 10.1. The van der Waals surface area contributed by atoms with Gasteiger partial charge in [0.25, 0.3) is 0 Å². The van der Waals surface area contributed by atoms with E-state index in [1.807, 2.05) is 13.8 Å². The average molecular weight is 244 g/mol. The van der Waals surface area contributed by atoms with Crippen LogP contribution in [0.15, 0.2) is 28.7 Å². The molecule has 18 heavy (non-hydrogen) atoms. The van der Waals surface area contributed by atoms with Crippen LogP contribution in [-0.4, -0.2) is 11.5 Å². The highest BCUT2D eigenvalue weighted by Crippen LogP contribution is 2.08. The zero-order valence-electron chi connectivity index (χ0n) is 11.3. The Labute approximate surface area is 108 Å². The maximum Gasteiger partial charge on any atom is 0.208 e. The quantitative estimate of drug-likeness (QED) is 0.822. The van der Waals surface area contributed by atoms with Gasteiger partial charge in [0.1, 0.15) is 5.76 Å². The van der Waals surface area contributed by atoms with Gasteiger partial charge in [-0.15, -0.1) is 0 Å². The molecule has 2 rings (SSSR count). The van der Waals surface area contributed by atoms with Gasteiger partial charge in [0, 0.05) is 0 Å². The summed E-state index contributed by atoms with van der Waals surface area (Å²) >= 11 is 0. The third-order valence-corrected chi connectivity index (χ3v) is 3.02. The predicted octanol–water partition coefficient (Wildman–Crippen LogP) is 2.93. The van der Waals surface area contributed by atoms with Crippen molar-refractivity contribution in [2.24, 2.45) is 0 Å². The van der Waals surface area contributed by atoms with E-state index >= 15 is 0 Å². The molecule has 0 aliphatic rings. The monoisotopic (exact) mass is 244 g/mol. The fourth-order valence-corrected chi connectivity index (χ4v) is 1.91. The topological polar surface area (TPSA) is 38.1 Å². The van der Waals surface area contributed by atoms with E-state index in [0.717, 1.165) is 30.3 Å². The van der Waals surface area contributed by atoms with Crippen molar-refractivity contribution in [3.8, 4) is 0 Å². The van der Waals surface area contributed by atoms with Crippen LogP contribution in [0, 0.1) is 20.8 Å². The van der Waals surface area contributed by atoms with E-state index in [0.29, 0.717) is 6.54 Å². The summed E-state index contributed by atoms with van der Waals surface area (Å²) in [5, 5.41) is 3.35. The highest BCUT2D eigenvalue weighted by molar-refractivity contribution is 5.22. The summed E-state index contributed by atoms with van der Waals surface area (Å²) in [6, 6.07) is 8.61. The van der Waals surface area contributed by atoms with Crippen LogP contribution in [0.1, 0.15) is 28.5 Å². The number of hydrogen-bond donors (Lipinski definition) is 1. The molecule has 1 aromatic heterocycles. The molecule has 1 N–H and O–H groups in total. The van der Waals surface area contributed by atoms with Crippen molar-refractivity contribution in [1.29, 1.82) is 0 Å². The van der Waals surface area contributed by atoms with E-state index in [4.69, 9.17) is 4.42 Å². The van der Waals surface area contributed by atoms with Crippen molar-refractivity contribution >= 4 is 0 Å². The lowest BCUT2D eigenvalue weighted by Gasteiger charge is -2.03. The Bertz CT molecular complexity index is 497. The Morgan fingerprint density at radius 1 is 1.22 bits per heavy atom. The summed E-state index contributed by atoms with van der Waals surface area (Å²) < 4.78 is 5.51. The van der Waals surface area contributed by atoms with Crippen molar-refractivity contribution in [2.75, 3.05) is 6.54 Å². The van der Waals surface area contributed by atoms with E-state index in [-0.39, 0.29) is 0 Å². The standard InChI is InChI=1S/C15H20N2O/c1-11-5-4-6-14(9-11)7-8-16-10-15-17-12(2)13(3)18-15/h4-6,9,16H,7-8,10H2,1-3H3. The first kappa shape index (κ1) is 12.8. The molecule has 0 spiro atoms. The molecular weight excluding hydrogens is 224 g/mol. The number of hydrogen-bond acceptors (Lipinski definition) is 3. The molecule has 3 nitrogen and oxygen atoms in total. The first-order valence-corrected chi connectivity index (χ1v) is 6.34. The van der Waals surface area contributed by atoms with Gasteiger partial charge in [-0.25, -0.2) is 4.98 Å². The van der Waals surface area contributed by atoms with E-state index in [9.17, 15) is 0 Å². The van der Waals surface area contributed by atoms with Crippen LogP contribution >= 0.6 is 0 Å². The zero-order valence-corrected chi connectivity index (χ0v) is 11.3. The van der Waals surface area contributed by atoms with Gasteiger partial charge in [-0.3, -0.25) is 0 Å². The second-order valence-electron chi connectivity index (χ2n) is 4.67. The SMILES string of the molecule is Cc1cccc(CCNCc2nc(C)c(C)o2)c1. The highest BCUT2D eigenvalue weighted by atomic mass is 16.4. The number of aromatic nitrogens is 1. The minimum atomic E-state index is 0.695. The molecule has 0 aliphatic carbocycles. The smallest absolute Gasteiger partial charge is 0.208 e. The lowest BCUT2D eigenvalue weighted by Crippen LogP contribution is -2.16. The van der Waals surface area contributed by atoms with Crippen LogP contribution in [0.5, 0.6) is 0 Å². The summed E-state index contributed by atoms with van der Waals surface area (Å²) in [7, 11) is 0. The fourth-order valence-electron chi connectivity index (χ4n) is 1.91. The zero-order chi connectivity index (χ0) is 13.0. The summed E-state index contributed by atoms with van der Waals surface area (Å²) in [6.07, 6.45) is 1.03. The molecule has 0 fully saturated rings. The van der Waals surface area contributed by atoms with Gasteiger partial charge in [0.2, 0.25) is 5.89 Å². The van der Waals surface area contributed by atoms with E-state index < -0.39 is 0 Å². The number of nitrogens with zero attached hydrogens (tertiary/aromatic N) is 1. The fraction of sp³-hybridized carbons (Fsp3) is 0.400. The van der Waals surface area contributed by atoms with Gasteiger partial charge in [-0.2, -0.15) is 0 Å². The molecular formula is C15H20N2O. The second kappa shape index (κ2) is 5.83. The van der Waals surface area contributed by atoms with Gasteiger partial charge < -0.3 is 9.73 Å². The molecule has 0 saturated carbocycles. The van der Waals surface area contributed by atoms with Crippen molar-refractivity contribution in [2.45, 2.75) is 33.7 Å². The first-order valence-electron chi connectivity index (χ1n) is 6.34. The second-order valence-corrected chi connectivity index (χ2v) is 4.67. The highest BCUT2D eigenvalue weighted by Gasteiger charge is 2.04. The Hall–Kier alpha value is -1.61. The van der Waals surface area contributed by atoms with Crippen LogP contribution in [0.4, 0.5) is 0 Å².